The smallest absolute Gasteiger partial charge is 0.151 e. The first-order valence-corrected chi connectivity index (χ1v) is 7.81. The Morgan fingerprint density at radius 2 is 1.94 bits per heavy atom. The Morgan fingerprint density at radius 3 is 2.50 bits per heavy atom. The van der Waals surface area contributed by atoms with Crippen LogP contribution in [0.15, 0.2) is 11.8 Å². The molecule has 1 aliphatic heterocycles. The quantitative estimate of drug-likeness (QED) is 0.563. The van der Waals surface area contributed by atoms with Crippen molar-refractivity contribution in [2.24, 2.45) is 5.41 Å². The van der Waals surface area contributed by atoms with Gasteiger partial charge in [0.25, 0.3) is 0 Å². The lowest BCUT2D eigenvalue weighted by atomic mass is 9.91. The van der Waals surface area contributed by atoms with E-state index in [1.54, 1.807) is 0 Å². The van der Waals surface area contributed by atoms with Crippen molar-refractivity contribution < 1.29 is 13.2 Å². The molecule has 0 spiro atoms. The third-order valence-corrected chi connectivity index (χ3v) is 5.73. The zero-order valence-corrected chi connectivity index (χ0v) is 10.7. The average molecular weight is 244 g/mol. The van der Waals surface area contributed by atoms with Crippen LogP contribution in [0, 0.1) is 5.41 Å². The molecule has 0 radical (unpaired) electrons. The zero-order valence-electron chi connectivity index (χ0n) is 9.87. The highest BCUT2D eigenvalue weighted by atomic mass is 32.2. The molecule has 1 heterocycles. The Labute approximate surface area is 97.8 Å². The van der Waals surface area contributed by atoms with E-state index in [1.807, 2.05) is 13.2 Å². The lowest BCUT2D eigenvalue weighted by molar-refractivity contribution is 0.189. The van der Waals surface area contributed by atoms with Gasteiger partial charge in [-0.05, 0) is 43.1 Å². The van der Waals surface area contributed by atoms with Gasteiger partial charge in [0, 0.05) is 0 Å². The summed E-state index contributed by atoms with van der Waals surface area (Å²) in [5.41, 5.74) is 1.37. The predicted molar refractivity (Wildman–Crippen MR) is 63.9 cm³/mol. The van der Waals surface area contributed by atoms with E-state index >= 15 is 0 Å². The van der Waals surface area contributed by atoms with Crippen molar-refractivity contribution in [2.75, 3.05) is 18.1 Å². The van der Waals surface area contributed by atoms with Crippen molar-refractivity contribution in [1.29, 1.82) is 0 Å². The van der Waals surface area contributed by atoms with Gasteiger partial charge in [0.2, 0.25) is 0 Å². The third kappa shape index (κ3) is 3.00. The summed E-state index contributed by atoms with van der Waals surface area (Å²) < 4.78 is 27.7. The van der Waals surface area contributed by atoms with Crippen molar-refractivity contribution in [3.63, 3.8) is 0 Å². The monoisotopic (exact) mass is 244 g/mol. The van der Waals surface area contributed by atoms with Gasteiger partial charge in [0.15, 0.2) is 9.84 Å². The Kier molecular flexibility index (Phi) is 3.29. The number of hydrogen-bond acceptors (Lipinski definition) is 3. The van der Waals surface area contributed by atoms with Crippen molar-refractivity contribution in [3.8, 4) is 0 Å². The first-order valence-electron chi connectivity index (χ1n) is 5.99. The summed E-state index contributed by atoms with van der Waals surface area (Å²) in [6.45, 7) is 2.68. The molecule has 16 heavy (non-hydrogen) atoms. The zero-order chi connectivity index (χ0) is 11.6. The van der Waals surface area contributed by atoms with Crippen LogP contribution in [0.2, 0.25) is 0 Å². The Hall–Kier alpha value is -0.510. The predicted octanol–water partition coefficient (Wildman–Crippen LogP) is 2.29. The highest BCUT2D eigenvalue weighted by Gasteiger charge is 2.44. The summed E-state index contributed by atoms with van der Waals surface area (Å²) in [6.07, 6.45) is 7.65. The molecule has 2 rings (SSSR count). The molecule has 92 valence electrons. The average Bonchev–Trinajstić information content (AvgIpc) is 2.61. The molecule has 2 aliphatic rings. The number of hydrogen-bond donors (Lipinski definition) is 0. The molecule has 0 bridgehead atoms. The minimum atomic E-state index is -2.71. The fourth-order valence-electron chi connectivity index (χ4n) is 2.59. The van der Waals surface area contributed by atoms with E-state index in [2.05, 4.69) is 0 Å². The molecule has 3 nitrogen and oxygen atoms in total. The van der Waals surface area contributed by atoms with E-state index in [0.29, 0.717) is 18.1 Å². The van der Waals surface area contributed by atoms with Crippen molar-refractivity contribution in [1.82, 2.24) is 0 Å². The second kappa shape index (κ2) is 4.40. The molecule has 0 unspecified atom stereocenters. The van der Waals surface area contributed by atoms with Crippen LogP contribution in [0.4, 0.5) is 0 Å². The van der Waals surface area contributed by atoms with Gasteiger partial charge < -0.3 is 4.74 Å². The van der Waals surface area contributed by atoms with Gasteiger partial charge in [-0.3, -0.25) is 0 Å². The first-order chi connectivity index (χ1) is 7.49. The van der Waals surface area contributed by atoms with Crippen LogP contribution in [0.1, 0.15) is 39.0 Å². The number of sulfone groups is 1. The highest BCUT2D eigenvalue weighted by Crippen LogP contribution is 2.35. The minimum absolute atomic E-state index is 0.0347. The van der Waals surface area contributed by atoms with Gasteiger partial charge in [-0.25, -0.2) is 8.42 Å². The Bertz CT molecular complexity index is 361. The van der Waals surface area contributed by atoms with Gasteiger partial charge >= 0.3 is 0 Å². The molecule has 2 fully saturated rings. The molecule has 0 amide bonds. The van der Waals surface area contributed by atoms with E-state index in [0.717, 1.165) is 6.42 Å². The molecular weight excluding hydrogens is 224 g/mol. The standard InChI is InChI=1S/C12H20O3S/c1-12(9-16(13,14)10-12)6-7-15-8-11-4-2-3-5-11/h8H,2-7,9-10H2,1H3. The van der Waals surface area contributed by atoms with Gasteiger partial charge in [0.1, 0.15) is 0 Å². The van der Waals surface area contributed by atoms with Gasteiger partial charge in [0.05, 0.1) is 24.4 Å². The van der Waals surface area contributed by atoms with E-state index in [4.69, 9.17) is 4.74 Å². The van der Waals surface area contributed by atoms with Crippen LogP contribution in [0.5, 0.6) is 0 Å². The van der Waals surface area contributed by atoms with Gasteiger partial charge in [-0.2, -0.15) is 0 Å². The topological polar surface area (TPSA) is 43.4 Å². The Morgan fingerprint density at radius 1 is 1.31 bits per heavy atom. The summed E-state index contributed by atoms with van der Waals surface area (Å²) in [4.78, 5) is 0. The van der Waals surface area contributed by atoms with E-state index in [-0.39, 0.29) is 5.41 Å². The maximum absolute atomic E-state index is 11.1. The second-order valence-corrected chi connectivity index (χ2v) is 7.51. The van der Waals surface area contributed by atoms with Crippen molar-refractivity contribution in [2.45, 2.75) is 39.0 Å². The molecule has 0 N–H and O–H groups in total. The van der Waals surface area contributed by atoms with Crippen molar-refractivity contribution >= 4 is 9.84 Å². The van der Waals surface area contributed by atoms with E-state index < -0.39 is 9.84 Å². The number of ether oxygens (including phenoxy) is 1. The summed E-state index contributed by atoms with van der Waals surface area (Å²) >= 11 is 0. The molecule has 0 aromatic heterocycles. The molecule has 1 saturated carbocycles. The van der Waals surface area contributed by atoms with Crippen LogP contribution in [0.25, 0.3) is 0 Å². The molecule has 0 aromatic rings. The lowest BCUT2D eigenvalue weighted by Gasteiger charge is -2.37. The number of allylic oxidation sites excluding steroid dienone is 1. The van der Waals surface area contributed by atoms with E-state index in [1.165, 1.54) is 31.3 Å². The molecule has 0 atom stereocenters. The molecule has 1 saturated heterocycles. The summed E-state index contributed by atoms with van der Waals surface area (Å²) in [5.74, 6) is 0.667. The van der Waals surface area contributed by atoms with Crippen LogP contribution < -0.4 is 0 Å². The minimum Gasteiger partial charge on any atom is -0.501 e. The molecule has 0 aromatic carbocycles. The molecular formula is C12H20O3S. The van der Waals surface area contributed by atoms with Gasteiger partial charge in [-0.1, -0.05) is 6.92 Å². The van der Waals surface area contributed by atoms with Crippen LogP contribution >= 0.6 is 0 Å². The van der Waals surface area contributed by atoms with Crippen LogP contribution in [0.3, 0.4) is 0 Å². The largest absolute Gasteiger partial charge is 0.501 e. The third-order valence-electron chi connectivity index (χ3n) is 3.46. The summed E-state index contributed by atoms with van der Waals surface area (Å²) in [6, 6.07) is 0. The van der Waals surface area contributed by atoms with Crippen LogP contribution in [-0.2, 0) is 14.6 Å². The van der Waals surface area contributed by atoms with Crippen molar-refractivity contribution in [3.05, 3.63) is 11.8 Å². The first kappa shape index (κ1) is 12.0. The normalized spacial score (nSPS) is 26.2. The maximum atomic E-state index is 11.1. The maximum Gasteiger partial charge on any atom is 0.151 e. The fraction of sp³-hybridized carbons (Fsp3) is 0.833. The molecule has 1 aliphatic carbocycles. The fourth-order valence-corrected chi connectivity index (χ4v) is 4.92. The van der Waals surface area contributed by atoms with Gasteiger partial charge in [-0.15, -0.1) is 0 Å². The SMILES string of the molecule is CC1(CCOC=C2CCCC2)CS(=O)(=O)C1. The highest BCUT2D eigenvalue weighted by molar-refractivity contribution is 7.92. The second-order valence-electron chi connectivity index (χ2n) is 5.45. The lowest BCUT2D eigenvalue weighted by Crippen LogP contribution is -2.46. The summed E-state index contributed by atoms with van der Waals surface area (Å²) in [5, 5.41) is 0. The molecule has 4 heteroatoms. The summed E-state index contributed by atoms with van der Waals surface area (Å²) in [7, 11) is -2.71. The van der Waals surface area contributed by atoms with Crippen LogP contribution in [-0.4, -0.2) is 26.5 Å². The Balaban J connectivity index is 1.67. The van der Waals surface area contributed by atoms with E-state index in [9.17, 15) is 8.42 Å². The number of rotatable bonds is 4.